The van der Waals surface area contributed by atoms with Gasteiger partial charge < -0.3 is 14.4 Å². The molecule has 2 aliphatic rings. The molecule has 6 nitrogen and oxygen atoms in total. The summed E-state index contributed by atoms with van der Waals surface area (Å²) in [6.07, 6.45) is 3.16. The van der Waals surface area contributed by atoms with Crippen LogP contribution < -0.4 is 0 Å². The smallest absolute Gasteiger partial charge is 0.410 e. The normalized spacial score (nSPS) is 21.8. The molecule has 1 amide bonds. The van der Waals surface area contributed by atoms with Crippen LogP contribution in [-0.2, 0) is 9.47 Å². The number of ether oxygens (including phenoxy) is 2. The summed E-state index contributed by atoms with van der Waals surface area (Å²) in [5.74, 6) is 0. The van der Waals surface area contributed by atoms with Crippen LogP contribution in [0.5, 0.6) is 0 Å². The van der Waals surface area contributed by atoms with Gasteiger partial charge in [-0.15, -0.1) is 0 Å². The Morgan fingerprint density at radius 2 is 1.86 bits per heavy atom. The second-order valence-corrected chi connectivity index (χ2v) is 7.17. The van der Waals surface area contributed by atoms with E-state index in [1.54, 1.807) is 4.90 Å². The average molecular weight is 297 g/mol. The number of nitrogens with one attached hydrogen (secondary N) is 1. The van der Waals surface area contributed by atoms with E-state index in [1.807, 2.05) is 20.8 Å². The molecule has 0 bridgehead atoms. The van der Waals surface area contributed by atoms with Crippen LogP contribution in [0.3, 0.4) is 0 Å². The second kappa shape index (κ2) is 6.22. The van der Waals surface area contributed by atoms with Crippen molar-refractivity contribution in [2.24, 2.45) is 5.41 Å². The maximum atomic E-state index is 12.0. The number of carbonyl (C=O) groups is 1. The molecule has 2 rings (SSSR count). The first-order valence-corrected chi connectivity index (χ1v) is 7.64. The summed E-state index contributed by atoms with van der Waals surface area (Å²) in [4.78, 5) is 16.2. The standard InChI is InChI=1S/C15H27N3O3/c1-14(2,3)21-13(19)18-8-6-17(7-9-18)10-15(4-5-15)11-20-12-16/h12,16H,4-11H2,1-3H3. The van der Waals surface area contributed by atoms with Gasteiger partial charge in [0, 0.05) is 38.1 Å². The summed E-state index contributed by atoms with van der Waals surface area (Å²) < 4.78 is 10.5. The molecular formula is C15H27N3O3. The summed E-state index contributed by atoms with van der Waals surface area (Å²) in [5, 5.41) is 6.96. The summed E-state index contributed by atoms with van der Waals surface area (Å²) >= 11 is 0. The summed E-state index contributed by atoms with van der Waals surface area (Å²) in [7, 11) is 0. The molecule has 1 N–H and O–H groups in total. The molecule has 21 heavy (non-hydrogen) atoms. The van der Waals surface area contributed by atoms with E-state index in [0.717, 1.165) is 39.1 Å². The van der Waals surface area contributed by atoms with E-state index in [-0.39, 0.29) is 11.5 Å². The molecule has 0 aromatic carbocycles. The largest absolute Gasteiger partial charge is 0.483 e. The highest BCUT2D eigenvalue weighted by atomic mass is 16.6. The predicted octanol–water partition coefficient (Wildman–Crippen LogP) is 1.94. The molecule has 0 spiro atoms. The van der Waals surface area contributed by atoms with Crippen molar-refractivity contribution < 1.29 is 14.3 Å². The van der Waals surface area contributed by atoms with E-state index in [0.29, 0.717) is 6.61 Å². The maximum absolute atomic E-state index is 12.0. The minimum absolute atomic E-state index is 0.213. The lowest BCUT2D eigenvalue weighted by Crippen LogP contribution is -2.51. The van der Waals surface area contributed by atoms with Crippen LogP contribution in [-0.4, -0.2) is 67.2 Å². The van der Waals surface area contributed by atoms with Crippen molar-refractivity contribution in [3.8, 4) is 0 Å². The van der Waals surface area contributed by atoms with E-state index in [4.69, 9.17) is 14.9 Å². The lowest BCUT2D eigenvalue weighted by Gasteiger charge is -2.37. The molecular weight excluding hydrogens is 270 g/mol. The Labute approximate surface area is 126 Å². The number of carbonyl (C=O) groups excluding carboxylic acids is 1. The Bertz CT molecular complexity index is 380. The lowest BCUT2D eigenvalue weighted by atomic mass is 10.1. The highest BCUT2D eigenvalue weighted by Crippen LogP contribution is 2.46. The van der Waals surface area contributed by atoms with Crippen molar-refractivity contribution in [3.63, 3.8) is 0 Å². The molecule has 0 radical (unpaired) electrons. The first-order valence-electron chi connectivity index (χ1n) is 7.64. The Morgan fingerprint density at radius 3 is 2.33 bits per heavy atom. The van der Waals surface area contributed by atoms with Crippen molar-refractivity contribution in [1.29, 1.82) is 5.41 Å². The zero-order chi connectivity index (χ0) is 15.5. The average Bonchev–Trinajstić information content (AvgIpc) is 3.15. The number of amides is 1. The van der Waals surface area contributed by atoms with Crippen molar-refractivity contribution in [2.75, 3.05) is 39.3 Å². The van der Waals surface area contributed by atoms with Gasteiger partial charge in [0.25, 0.3) is 0 Å². The Kier molecular flexibility index (Phi) is 4.76. The van der Waals surface area contributed by atoms with Crippen molar-refractivity contribution in [1.82, 2.24) is 9.80 Å². The van der Waals surface area contributed by atoms with Crippen LogP contribution in [0, 0.1) is 10.8 Å². The minimum Gasteiger partial charge on any atom is -0.483 e. The maximum Gasteiger partial charge on any atom is 0.410 e. The van der Waals surface area contributed by atoms with Crippen molar-refractivity contribution in [3.05, 3.63) is 0 Å². The van der Waals surface area contributed by atoms with Gasteiger partial charge in [-0.05, 0) is 33.6 Å². The zero-order valence-corrected chi connectivity index (χ0v) is 13.4. The first-order chi connectivity index (χ1) is 9.84. The molecule has 0 aromatic rings. The molecule has 120 valence electrons. The summed E-state index contributed by atoms with van der Waals surface area (Å²) in [6.45, 7) is 10.5. The summed E-state index contributed by atoms with van der Waals surface area (Å²) in [6, 6.07) is 0. The SMILES string of the molecule is CC(C)(C)OC(=O)N1CCN(CC2(COC=N)CC2)CC1. The van der Waals surface area contributed by atoms with Crippen molar-refractivity contribution >= 4 is 12.5 Å². The van der Waals surface area contributed by atoms with Crippen LogP contribution in [0.1, 0.15) is 33.6 Å². The lowest BCUT2D eigenvalue weighted by molar-refractivity contribution is 0.0119. The molecule has 0 atom stereocenters. The topological polar surface area (TPSA) is 65.9 Å². The van der Waals surface area contributed by atoms with Gasteiger partial charge in [-0.3, -0.25) is 10.3 Å². The quantitative estimate of drug-likeness (QED) is 0.622. The molecule has 1 aliphatic carbocycles. The van der Waals surface area contributed by atoms with Gasteiger partial charge in [0.1, 0.15) is 5.60 Å². The minimum atomic E-state index is -0.434. The molecule has 2 fully saturated rings. The van der Waals surface area contributed by atoms with Crippen LogP contribution in [0.2, 0.25) is 0 Å². The monoisotopic (exact) mass is 297 g/mol. The van der Waals surface area contributed by atoms with Crippen LogP contribution in [0.25, 0.3) is 0 Å². The van der Waals surface area contributed by atoms with Gasteiger partial charge in [0.05, 0.1) is 6.61 Å². The predicted molar refractivity (Wildman–Crippen MR) is 80.6 cm³/mol. The molecule has 1 saturated carbocycles. The highest BCUT2D eigenvalue weighted by Gasteiger charge is 2.45. The molecule has 0 unspecified atom stereocenters. The van der Waals surface area contributed by atoms with Crippen LogP contribution in [0.4, 0.5) is 4.79 Å². The van der Waals surface area contributed by atoms with E-state index in [9.17, 15) is 4.79 Å². The Morgan fingerprint density at radius 1 is 1.24 bits per heavy atom. The number of rotatable bonds is 5. The van der Waals surface area contributed by atoms with E-state index >= 15 is 0 Å². The third-order valence-corrected chi connectivity index (χ3v) is 4.01. The van der Waals surface area contributed by atoms with Crippen LogP contribution in [0.15, 0.2) is 0 Å². The molecule has 1 heterocycles. The van der Waals surface area contributed by atoms with Crippen LogP contribution >= 0.6 is 0 Å². The summed E-state index contributed by atoms with van der Waals surface area (Å²) in [5.41, 5.74) is -0.192. The van der Waals surface area contributed by atoms with E-state index in [1.165, 1.54) is 12.8 Å². The zero-order valence-electron chi connectivity index (χ0n) is 13.4. The second-order valence-electron chi connectivity index (χ2n) is 7.17. The fourth-order valence-electron chi connectivity index (χ4n) is 2.63. The number of hydrogen-bond donors (Lipinski definition) is 1. The van der Waals surface area contributed by atoms with Gasteiger partial charge in [0.2, 0.25) is 0 Å². The Balaban J connectivity index is 1.73. The first kappa shape index (κ1) is 16.1. The van der Waals surface area contributed by atoms with Gasteiger partial charge in [0.15, 0.2) is 6.40 Å². The van der Waals surface area contributed by atoms with Gasteiger partial charge in [-0.1, -0.05) is 0 Å². The molecule has 1 aliphatic heterocycles. The van der Waals surface area contributed by atoms with E-state index < -0.39 is 5.60 Å². The van der Waals surface area contributed by atoms with Crippen molar-refractivity contribution in [2.45, 2.75) is 39.2 Å². The fraction of sp³-hybridized carbons (Fsp3) is 0.867. The van der Waals surface area contributed by atoms with E-state index in [2.05, 4.69) is 4.90 Å². The molecule has 6 heteroatoms. The Hall–Kier alpha value is -1.30. The number of nitrogens with zero attached hydrogens (tertiary/aromatic N) is 2. The third kappa shape index (κ3) is 4.88. The highest BCUT2D eigenvalue weighted by molar-refractivity contribution is 5.68. The number of hydrogen-bond acceptors (Lipinski definition) is 5. The van der Waals surface area contributed by atoms with Gasteiger partial charge >= 0.3 is 6.09 Å². The molecule has 1 saturated heterocycles. The van der Waals surface area contributed by atoms with Gasteiger partial charge in [-0.25, -0.2) is 4.79 Å². The van der Waals surface area contributed by atoms with Gasteiger partial charge in [-0.2, -0.15) is 0 Å². The molecule has 0 aromatic heterocycles. The third-order valence-electron chi connectivity index (χ3n) is 4.01. The fourth-order valence-corrected chi connectivity index (χ4v) is 2.63. The number of piperazine rings is 1.